The van der Waals surface area contributed by atoms with E-state index in [1.54, 1.807) is 0 Å². The van der Waals surface area contributed by atoms with Crippen molar-refractivity contribution < 1.29 is 4.79 Å². The van der Waals surface area contributed by atoms with Crippen LogP contribution in [0.2, 0.25) is 0 Å². The second kappa shape index (κ2) is 6.63. The quantitative estimate of drug-likeness (QED) is 0.542. The highest BCUT2D eigenvalue weighted by molar-refractivity contribution is 5.76. The summed E-state index contributed by atoms with van der Waals surface area (Å²) in [6.45, 7) is 3.70. The molecule has 0 bridgehead atoms. The summed E-state index contributed by atoms with van der Waals surface area (Å²) in [5.41, 5.74) is 0. The fraction of sp³-hybridized carbons (Fsp3) is 0.750. The number of nitrogens with one attached hydrogen (secondary N) is 1. The van der Waals surface area contributed by atoms with Crippen molar-refractivity contribution in [2.75, 3.05) is 0 Å². The lowest BCUT2D eigenvalue weighted by molar-refractivity contribution is -0.122. The lowest BCUT2D eigenvalue weighted by atomic mass is 9.99. The summed E-state index contributed by atoms with van der Waals surface area (Å²) in [5, 5.41) is 3.10. The molecule has 0 radical (unpaired) electrons. The van der Waals surface area contributed by atoms with E-state index in [0.717, 1.165) is 38.5 Å². The molecule has 1 rings (SSSR count). The fourth-order valence-corrected chi connectivity index (χ4v) is 1.95. The Kier molecular flexibility index (Phi) is 5.35. The van der Waals surface area contributed by atoms with E-state index in [-0.39, 0.29) is 5.91 Å². The van der Waals surface area contributed by atoms with E-state index < -0.39 is 0 Å². The van der Waals surface area contributed by atoms with Gasteiger partial charge in [0.15, 0.2) is 0 Å². The number of hydrogen-bond donors (Lipinski definition) is 1. The van der Waals surface area contributed by atoms with Gasteiger partial charge < -0.3 is 5.32 Å². The van der Waals surface area contributed by atoms with Gasteiger partial charge >= 0.3 is 0 Å². The summed E-state index contributed by atoms with van der Waals surface area (Å²) in [5.74, 6) is 0.244. The molecule has 0 spiro atoms. The summed E-state index contributed by atoms with van der Waals surface area (Å²) in [4.78, 5) is 11.3. The molecule has 1 amide bonds. The Hall–Kier alpha value is -0.790. The third-order valence-corrected chi connectivity index (χ3v) is 2.78. The minimum Gasteiger partial charge on any atom is -0.353 e. The zero-order valence-corrected chi connectivity index (χ0v) is 8.93. The van der Waals surface area contributed by atoms with E-state index in [1.807, 2.05) is 6.08 Å². The molecule has 1 aliphatic heterocycles. The number of unbranched alkanes of at least 4 members (excludes halogenated alkanes) is 1. The van der Waals surface area contributed by atoms with Gasteiger partial charge in [-0.05, 0) is 32.1 Å². The highest BCUT2D eigenvalue weighted by Gasteiger charge is 2.13. The Labute approximate surface area is 86.8 Å². The second-order valence-corrected chi connectivity index (χ2v) is 4.08. The van der Waals surface area contributed by atoms with Crippen LogP contribution in [0, 0.1) is 0 Å². The lowest BCUT2D eigenvalue weighted by Gasteiger charge is -2.20. The molecule has 1 heterocycles. The molecule has 1 unspecified atom stereocenters. The van der Waals surface area contributed by atoms with Crippen LogP contribution in [-0.2, 0) is 4.79 Å². The zero-order valence-electron chi connectivity index (χ0n) is 8.93. The van der Waals surface area contributed by atoms with Gasteiger partial charge in [-0.3, -0.25) is 4.79 Å². The van der Waals surface area contributed by atoms with E-state index in [1.165, 1.54) is 12.8 Å². The topological polar surface area (TPSA) is 29.1 Å². The monoisotopic (exact) mass is 195 g/mol. The van der Waals surface area contributed by atoms with Crippen LogP contribution in [0.5, 0.6) is 0 Å². The number of hydrogen-bond acceptors (Lipinski definition) is 1. The standard InChI is InChI=1S/C12H21NO/c1-2-3-5-8-11-9-6-4-7-10-12(14)13-11/h2,11H,1,3-10H2,(H,13,14). The van der Waals surface area contributed by atoms with Crippen molar-refractivity contribution >= 4 is 5.91 Å². The third-order valence-electron chi connectivity index (χ3n) is 2.78. The number of amides is 1. The molecule has 0 aliphatic carbocycles. The van der Waals surface area contributed by atoms with Gasteiger partial charge in [0.25, 0.3) is 0 Å². The van der Waals surface area contributed by atoms with Gasteiger partial charge in [0, 0.05) is 12.5 Å². The second-order valence-electron chi connectivity index (χ2n) is 4.08. The highest BCUT2D eigenvalue weighted by Crippen LogP contribution is 2.14. The first-order valence-electron chi connectivity index (χ1n) is 5.73. The maximum Gasteiger partial charge on any atom is 0.220 e. The van der Waals surface area contributed by atoms with Crippen LogP contribution in [0.1, 0.15) is 51.4 Å². The maximum atomic E-state index is 11.3. The van der Waals surface area contributed by atoms with Crippen molar-refractivity contribution in [3.8, 4) is 0 Å². The molecule has 0 aromatic rings. The summed E-state index contributed by atoms with van der Waals surface area (Å²) >= 11 is 0. The normalized spacial score (nSPS) is 23.4. The molecule has 1 fully saturated rings. The van der Waals surface area contributed by atoms with E-state index in [2.05, 4.69) is 11.9 Å². The Bertz CT molecular complexity index is 189. The summed E-state index contributed by atoms with van der Waals surface area (Å²) < 4.78 is 0. The molecule has 80 valence electrons. The average Bonchev–Trinajstić information content (AvgIpc) is 2.13. The fourth-order valence-electron chi connectivity index (χ4n) is 1.95. The minimum atomic E-state index is 0.244. The van der Waals surface area contributed by atoms with Gasteiger partial charge in [-0.1, -0.05) is 18.9 Å². The minimum absolute atomic E-state index is 0.244. The van der Waals surface area contributed by atoms with E-state index in [0.29, 0.717) is 6.04 Å². The third kappa shape index (κ3) is 4.45. The molecule has 2 heteroatoms. The highest BCUT2D eigenvalue weighted by atomic mass is 16.1. The Balaban J connectivity index is 2.25. The molecule has 2 nitrogen and oxygen atoms in total. The summed E-state index contributed by atoms with van der Waals surface area (Å²) in [6.07, 6.45) is 10.7. The van der Waals surface area contributed by atoms with Gasteiger partial charge in [-0.25, -0.2) is 0 Å². The predicted molar refractivity (Wildman–Crippen MR) is 59.1 cm³/mol. The first-order chi connectivity index (χ1) is 6.83. The van der Waals surface area contributed by atoms with Gasteiger partial charge in [0.2, 0.25) is 5.91 Å². The Morgan fingerprint density at radius 1 is 1.43 bits per heavy atom. The van der Waals surface area contributed by atoms with Crippen LogP contribution in [0.4, 0.5) is 0 Å². The molecule has 0 saturated carbocycles. The predicted octanol–water partition coefficient (Wildman–Crippen LogP) is 2.79. The first kappa shape index (κ1) is 11.3. The van der Waals surface area contributed by atoms with Crippen molar-refractivity contribution in [2.24, 2.45) is 0 Å². The number of carbonyl (C=O) groups excluding carboxylic acids is 1. The van der Waals surface area contributed by atoms with E-state index in [9.17, 15) is 4.79 Å². The van der Waals surface area contributed by atoms with Crippen LogP contribution in [0.15, 0.2) is 12.7 Å². The van der Waals surface area contributed by atoms with Crippen molar-refractivity contribution in [1.29, 1.82) is 0 Å². The Morgan fingerprint density at radius 2 is 2.29 bits per heavy atom. The largest absolute Gasteiger partial charge is 0.353 e. The molecular formula is C12H21NO. The van der Waals surface area contributed by atoms with E-state index >= 15 is 0 Å². The van der Waals surface area contributed by atoms with Crippen LogP contribution in [0.25, 0.3) is 0 Å². The number of rotatable bonds is 4. The van der Waals surface area contributed by atoms with Gasteiger partial charge in [-0.2, -0.15) is 0 Å². The molecule has 0 aromatic heterocycles. The molecule has 1 atom stereocenters. The van der Waals surface area contributed by atoms with Gasteiger partial charge in [-0.15, -0.1) is 6.58 Å². The summed E-state index contributed by atoms with van der Waals surface area (Å²) in [7, 11) is 0. The van der Waals surface area contributed by atoms with Crippen LogP contribution in [-0.4, -0.2) is 11.9 Å². The van der Waals surface area contributed by atoms with Crippen molar-refractivity contribution in [1.82, 2.24) is 5.32 Å². The smallest absolute Gasteiger partial charge is 0.220 e. The summed E-state index contributed by atoms with van der Waals surface area (Å²) in [6, 6.07) is 0.419. The number of allylic oxidation sites excluding steroid dienone is 1. The van der Waals surface area contributed by atoms with Gasteiger partial charge in [0.1, 0.15) is 0 Å². The lowest BCUT2D eigenvalue weighted by Crippen LogP contribution is -2.35. The zero-order chi connectivity index (χ0) is 10.2. The molecule has 0 aromatic carbocycles. The molecule has 14 heavy (non-hydrogen) atoms. The molecule has 1 aliphatic rings. The maximum absolute atomic E-state index is 11.3. The first-order valence-corrected chi connectivity index (χ1v) is 5.73. The van der Waals surface area contributed by atoms with Crippen LogP contribution < -0.4 is 5.32 Å². The van der Waals surface area contributed by atoms with Gasteiger partial charge in [0.05, 0.1) is 0 Å². The van der Waals surface area contributed by atoms with Crippen LogP contribution >= 0.6 is 0 Å². The molecule has 1 N–H and O–H groups in total. The Morgan fingerprint density at radius 3 is 3.07 bits per heavy atom. The molecule has 1 saturated heterocycles. The van der Waals surface area contributed by atoms with Crippen molar-refractivity contribution in [3.63, 3.8) is 0 Å². The SMILES string of the molecule is C=CCCCC1CCCCCC(=O)N1. The average molecular weight is 195 g/mol. The molecular weight excluding hydrogens is 174 g/mol. The van der Waals surface area contributed by atoms with Crippen LogP contribution in [0.3, 0.4) is 0 Å². The number of carbonyl (C=O) groups is 1. The van der Waals surface area contributed by atoms with Crippen molar-refractivity contribution in [3.05, 3.63) is 12.7 Å². The van der Waals surface area contributed by atoms with Crippen molar-refractivity contribution in [2.45, 2.75) is 57.4 Å². The van der Waals surface area contributed by atoms with E-state index in [4.69, 9.17) is 0 Å².